The molecule has 4 rings (SSSR count). The summed E-state index contributed by atoms with van der Waals surface area (Å²) in [5.41, 5.74) is 1.12. The van der Waals surface area contributed by atoms with Crippen molar-refractivity contribution in [3.63, 3.8) is 0 Å². The number of hydrogen-bond acceptors (Lipinski definition) is 6. The minimum Gasteiger partial charge on any atom is -0.352 e. The van der Waals surface area contributed by atoms with E-state index in [2.05, 4.69) is 25.7 Å². The van der Waals surface area contributed by atoms with Crippen LogP contribution < -0.4 is 10.6 Å². The number of benzene rings is 1. The first-order valence-corrected chi connectivity index (χ1v) is 10.8. The highest BCUT2D eigenvalue weighted by molar-refractivity contribution is 7.13. The normalized spacial score (nSPS) is 16.9. The third kappa shape index (κ3) is 4.94. The zero-order valence-electron chi connectivity index (χ0n) is 15.8. The molecule has 8 heteroatoms. The number of nitrogens with zero attached hydrogens (tertiary/aromatic N) is 3. The summed E-state index contributed by atoms with van der Waals surface area (Å²) in [5.74, 6) is 0.0774. The summed E-state index contributed by atoms with van der Waals surface area (Å²) in [7, 11) is 0. The second-order valence-electron chi connectivity index (χ2n) is 7.41. The van der Waals surface area contributed by atoms with E-state index in [9.17, 15) is 9.59 Å². The Morgan fingerprint density at radius 3 is 2.75 bits per heavy atom. The lowest BCUT2D eigenvalue weighted by molar-refractivity contribution is 0.0950. The predicted octanol–water partition coefficient (Wildman–Crippen LogP) is 2.88. The molecule has 0 atom stereocenters. The summed E-state index contributed by atoms with van der Waals surface area (Å²) in [6.07, 6.45) is 5.77. The minimum atomic E-state index is -0.285. The van der Waals surface area contributed by atoms with E-state index < -0.39 is 0 Å². The molecular formula is C20H25N5O2S. The number of likely N-dealkylation sites (tertiary alicyclic amines) is 1. The van der Waals surface area contributed by atoms with Gasteiger partial charge in [-0.25, -0.2) is 0 Å². The third-order valence-electron chi connectivity index (χ3n) is 5.08. The van der Waals surface area contributed by atoms with Crippen LogP contribution in [0.1, 0.15) is 63.2 Å². The zero-order valence-corrected chi connectivity index (χ0v) is 16.6. The van der Waals surface area contributed by atoms with Gasteiger partial charge in [0, 0.05) is 23.7 Å². The number of carbonyl (C=O) groups is 2. The average molecular weight is 400 g/mol. The van der Waals surface area contributed by atoms with Crippen molar-refractivity contribution in [3.05, 3.63) is 39.8 Å². The Morgan fingerprint density at radius 2 is 1.96 bits per heavy atom. The first kappa shape index (κ1) is 19.0. The second-order valence-corrected chi connectivity index (χ2v) is 8.42. The van der Waals surface area contributed by atoms with Crippen molar-refractivity contribution >= 4 is 28.8 Å². The molecule has 28 heavy (non-hydrogen) atoms. The molecule has 2 fully saturated rings. The maximum absolute atomic E-state index is 12.4. The van der Waals surface area contributed by atoms with Crippen molar-refractivity contribution in [2.45, 2.75) is 38.0 Å². The largest absolute Gasteiger partial charge is 0.352 e. The second kappa shape index (κ2) is 8.79. The van der Waals surface area contributed by atoms with Crippen molar-refractivity contribution in [3.8, 4) is 0 Å². The van der Waals surface area contributed by atoms with Crippen LogP contribution in [0, 0.1) is 0 Å². The Bertz CT molecular complexity index is 843. The minimum absolute atomic E-state index is 0.121. The van der Waals surface area contributed by atoms with Crippen molar-refractivity contribution in [1.29, 1.82) is 0 Å². The summed E-state index contributed by atoms with van der Waals surface area (Å²) in [6, 6.07) is 6.98. The van der Waals surface area contributed by atoms with Crippen LogP contribution in [0.5, 0.6) is 0 Å². The van der Waals surface area contributed by atoms with Crippen molar-refractivity contribution in [2.75, 3.05) is 31.5 Å². The summed E-state index contributed by atoms with van der Waals surface area (Å²) >= 11 is 1.35. The average Bonchev–Trinajstić information content (AvgIpc) is 3.20. The lowest BCUT2D eigenvalue weighted by Crippen LogP contribution is -2.28. The number of rotatable bonds is 8. The fraction of sp³-hybridized carbons (Fsp3) is 0.500. The molecule has 0 bridgehead atoms. The highest BCUT2D eigenvalue weighted by Crippen LogP contribution is 2.41. The van der Waals surface area contributed by atoms with Gasteiger partial charge >= 0.3 is 0 Å². The Balaban J connectivity index is 1.27. The van der Waals surface area contributed by atoms with Crippen LogP contribution in [0.2, 0.25) is 0 Å². The van der Waals surface area contributed by atoms with Crippen LogP contribution in [0.4, 0.5) is 5.69 Å². The van der Waals surface area contributed by atoms with E-state index in [1.54, 1.807) is 24.3 Å². The molecule has 2 N–H and O–H groups in total. The number of amides is 2. The molecule has 1 aliphatic heterocycles. The van der Waals surface area contributed by atoms with Gasteiger partial charge in [0.05, 0.1) is 0 Å². The van der Waals surface area contributed by atoms with Crippen LogP contribution in [-0.2, 0) is 0 Å². The highest BCUT2D eigenvalue weighted by Gasteiger charge is 2.28. The van der Waals surface area contributed by atoms with E-state index in [0.717, 1.165) is 30.8 Å². The van der Waals surface area contributed by atoms with E-state index in [1.165, 1.54) is 37.3 Å². The van der Waals surface area contributed by atoms with Crippen molar-refractivity contribution in [1.82, 2.24) is 20.4 Å². The smallest absolute Gasteiger partial charge is 0.286 e. The first-order valence-electron chi connectivity index (χ1n) is 9.94. The maximum Gasteiger partial charge on any atom is 0.286 e. The molecule has 0 radical (unpaired) electrons. The Labute approximate surface area is 168 Å². The van der Waals surface area contributed by atoms with Gasteiger partial charge in [-0.05, 0) is 69.9 Å². The fourth-order valence-corrected chi connectivity index (χ4v) is 4.26. The molecule has 0 spiro atoms. The van der Waals surface area contributed by atoms with E-state index in [0.29, 0.717) is 28.7 Å². The van der Waals surface area contributed by atoms with E-state index >= 15 is 0 Å². The van der Waals surface area contributed by atoms with Gasteiger partial charge in [0.1, 0.15) is 5.01 Å². The number of carbonyl (C=O) groups excluding carboxylic acids is 2. The van der Waals surface area contributed by atoms with Gasteiger partial charge in [0.2, 0.25) is 5.01 Å². The first-order chi connectivity index (χ1) is 13.7. The molecule has 2 aliphatic rings. The Morgan fingerprint density at radius 1 is 1.14 bits per heavy atom. The molecule has 2 heterocycles. The fourth-order valence-electron chi connectivity index (χ4n) is 3.36. The van der Waals surface area contributed by atoms with E-state index in [1.807, 2.05) is 0 Å². The predicted molar refractivity (Wildman–Crippen MR) is 109 cm³/mol. The molecule has 2 amide bonds. The lowest BCUT2D eigenvalue weighted by Gasteiger charge is -2.14. The standard InChI is InChI=1S/C20H25N5O2S/c26-17(21-9-4-12-25-10-1-2-11-25)15-5-3-6-16(13-15)22-18(27)20-24-23-19(28-20)14-7-8-14/h3,5-6,13-14H,1-2,4,7-12H2,(H,21,26)(H,22,27). The molecule has 148 valence electrons. The Hall–Kier alpha value is -2.32. The molecule has 1 aromatic heterocycles. The molecule has 1 saturated carbocycles. The van der Waals surface area contributed by atoms with Crippen LogP contribution in [-0.4, -0.2) is 53.1 Å². The molecular weight excluding hydrogens is 374 g/mol. The quantitative estimate of drug-likeness (QED) is 0.667. The number of nitrogens with one attached hydrogen (secondary N) is 2. The van der Waals surface area contributed by atoms with Gasteiger partial charge in [-0.2, -0.15) is 0 Å². The van der Waals surface area contributed by atoms with Gasteiger partial charge in [-0.15, -0.1) is 10.2 Å². The Kier molecular flexibility index (Phi) is 5.97. The van der Waals surface area contributed by atoms with Gasteiger partial charge < -0.3 is 15.5 Å². The molecule has 1 aromatic carbocycles. The number of aromatic nitrogens is 2. The van der Waals surface area contributed by atoms with Gasteiger partial charge in [-0.1, -0.05) is 17.4 Å². The number of hydrogen-bond donors (Lipinski definition) is 2. The van der Waals surface area contributed by atoms with Crippen LogP contribution in [0.15, 0.2) is 24.3 Å². The molecule has 1 saturated heterocycles. The monoisotopic (exact) mass is 399 g/mol. The summed E-state index contributed by atoms with van der Waals surface area (Å²) in [5, 5.41) is 15.2. The summed E-state index contributed by atoms with van der Waals surface area (Å²) < 4.78 is 0. The van der Waals surface area contributed by atoms with Crippen LogP contribution in [0.3, 0.4) is 0 Å². The molecule has 7 nitrogen and oxygen atoms in total. The van der Waals surface area contributed by atoms with Crippen molar-refractivity contribution < 1.29 is 9.59 Å². The SMILES string of the molecule is O=C(NCCCN1CCCC1)c1cccc(NC(=O)c2nnc(C3CC3)s2)c1. The summed E-state index contributed by atoms with van der Waals surface area (Å²) in [6.45, 7) is 4.03. The van der Waals surface area contributed by atoms with Gasteiger partial charge in [-0.3, -0.25) is 9.59 Å². The van der Waals surface area contributed by atoms with Crippen molar-refractivity contribution in [2.24, 2.45) is 0 Å². The van der Waals surface area contributed by atoms with Crippen LogP contribution in [0.25, 0.3) is 0 Å². The van der Waals surface area contributed by atoms with Gasteiger partial charge in [0.15, 0.2) is 0 Å². The summed E-state index contributed by atoms with van der Waals surface area (Å²) in [4.78, 5) is 27.2. The van der Waals surface area contributed by atoms with Crippen LogP contribution >= 0.6 is 11.3 Å². The van der Waals surface area contributed by atoms with E-state index in [-0.39, 0.29) is 11.8 Å². The highest BCUT2D eigenvalue weighted by atomic mass is 32.1. The van der Waals surface area contributed by atoms with Gasteiger partial charge in [0.25, 0.3) is 11.8 Å². The molecule has 1 aliphatic carbocycles. The zero-order chi connectivity index (χ0) is 19.3. The molecule has 2 aromatic rings. The third-order valence-corrected chi connectivity index (χ3v) is 6.16. The van der Waals surface area contributed by atoms with E-state index in [4.69, 9.17) is 0 Å². The topological polar surface area (TPSA) is 87.2 Å². The lowest BCUT2D eigenvalue weighted by atomic mass is 10.2. The number of anilines is 1. The maximum atomic E-state index is 12.4. The molecule has 0 unspecified atom stereocenters.